The highest BCUT2D eigenvalue weighted by Gasteiger charge is 2.35. The number of benzene rings is 5. The second-order valence-electron chi connectivity index (χ2n) is 9.97. The number of hydrogen-bond donors (Lipinski definition) is 1. The van der Waals surface area contributed by atoms with Crippen LogP contribution in [-0.4, -0.2) is 11.1 Å². The molecule has 1 N–H and O–H groups in total. The van der Waals surface area contributed by atoms with E-state index in [2.05, 4.69) is 97.6 Å². The molecule has 180 valence electrons. The summed E-state index contributed by atoms with van der Waals surface area (Å²) in [7, 11) is 0. The van der Waals surface area contributed by atoms with Gasteiger partial charge in [-0.2, -0.15) is 0 Å². The lowest BCUT2D eigenvalue weighted by Crippen LogP contribution is -2.17. The summed E-state index contributed by atoms with van der Waals surface area (Å²) >= 11 is 0. The van der Waals surface area contributed by atoms with Gasteiger partial charge in [0.1, 0.15) is 0 Å². The Labute approximate surface area is 217 Å². The monoisotopic (exact) mass is 481 g/mol. The average Bonchev–Trinajstić information content (AvgIpc) is 3.16. The molecule has 0 bridgehead atoms. The summed E-state index contributed by atoms with van der Waals surface area (Å²) in [5.74, 6) is -0.949. The van der Waals surface area contributed by atoms with E-state index in [1.807, 2.05) is 30.3 Å². The molecule has 6 rings (SSSR count). The second-order valence-corrected chi connectivity index (χ2v) is 9.97. The maximum atomic E-state index is 12.2. The first kappa shape index (κ1) is 22.8. The van der Waals surface area contributed by atoms with Crippen LogP contribution in [0.1, 0.15) is 35.3 Å². The topological polar surface area (TPSA) is 40.5 Å². The molecule has 5 aromatic rings. The Morgan fingerprint density at radius 3 is 1.97 bits per heavy atom. The predicted molar refractivity (Wildman–Crippen MR) is 151 cm³/mol. The highest BCUT2D eigenvalue weighted by atomic mass is 16.4. The molecule has 0 atom stereocenters. The highest BCUT2D eigenvalue weighted by Crippen LogP contribution is 2.50. The SMILES string of the molecule is CC1(C)c2ccccc2-c2ccc(N(c3ccc(-c4ccccc4)cc3)c3ccccc3C(=O)O)cc21. The van der Waals surface area contributed by atoms with Gasteiger partial charge in [-0.05, 0) is 69.8 Å². The summed E-state index contributed by atoms with van der Waals surface area (Å²) in [5, 5.41) is 10.0. The van der Waals surface area contributed by atoms with Gasteiger partial charge < -0.3 is 10.0 Å². The molecule has 1 aliphatic carbocycles. The number of aromatic carboxylic acids is 1. The zero-order valence-electron chi connectivity index (χ0n) is 20.8. The van der Waals surface area contributed by atoms with Crippen LogP contribution in [0.3, 0.4) is 0 Å². The van der Waals surface area contributed by atoms with Gasteiger partial charge in [-0.3, -0.25) is 0 Å². The van der Waals surface area contributed by atoms with E-state index in [-0.39, 0.29) is 11.0 Å². The number of carboxylic acid groups (broad SMARTS) is 1. The molecule has 37 heavy (non-hydrogen) atoms. The van der Waals surface area contributed by atoms with Crippen LogP contribution >= 0.6 is 0 Å². The van der Waals surface area contributed by atoms with Crippen molar-refractivity contribution >= 4 is 23.0 Å². The van der Waals surface area contributed by atoms with Crippen molar-refractivity contribution in [2.75, 3.05) is 4.90 Å². The highest BCUT2D eigenvalue weighted by molar-refractivity contribution is 5.98. The van der Waals surface area contributed by atoms with Crippen molar-refractivity contribution in [3.05, 3.63) is 138 Å². The first-order chi connectivity index (χ1) is 17.9. The van der Waals surface area contributed by atoms with Crippen LogP contribution in [0, 0.1) is 0 Å². The Morgan fingerprint density at radius 2 is 1.22 bits per heavy atom. The molecule has 0 aromatic heterocycles. The van der Waals surface area contributed by atoms with Gasteiger partial charge in [-0.25, -0.2) is 4.79 Å². The largest absolute Gasteiger partial charge is 0.478 e. The van der Waals surface area contributed by atoms with E-state index < -0.39 is 5.97 Å². The summed E-state index contributed by atoms with van der Waals surface area (Å²) in [5.41, 5.74) is 9.88. The third kappa shape index (κ3) is 3.80. The maximum Gasteiger partial charge on any atom is 0.337 e. The van der Waals surface area contributed by atoms with E-state index in [1.165, 1.54) is 22.3 Å². The number of anilines is 3. The maximum absolute atomic E-state index is 12.2. The van der Waals surface area contributed by atoms with Gasteiger partial charge in [0.05, 0.1) is 11.3 Å². The van der Waals surface area contributed by atoms with Crippen molar-refractivity contribution in [2.45, 2.75) is 19.3 Å². The fourth-order valence-electron chi connectivity index (χ4n) is 5.54. The number of rotatable bonds is 5. The predicted octanol–water partition coefficient (Wildman–Crippen LogP) is 8.83. The quantitative estimate of drug-likeness (QED) is 0.273. The van der Waals surface area contributed by atoms with Crippen molar-refractivity contribution < 1.29 is 9.90 Å². The number of nitrogens with zero attached hydrogens (tertiary/aromatic N) is 1. The number of carbonyl (C=O) groups is 1. The van der Waals surface area contributed by atoms with Crippen molar-refractivity contribution in [1.82, 2.24) is 0 Å². The van der Waals surface area contributed by atoms with Crippen molar-refractivity contribution in [3.63, 3.8) is 0 Å². The minimum absolute atomic E-state index is 0.156. The Balaban J connectivity index is 1.52. The van der Waals surface area contributed by atoms with E-state index in [0.717, 1.165) is 22.5 Å². The fraction of sp³-hybridized carbons (Fsp3) is 0.0882. The van der Waals surface area contributed by atoms with E-state index in [1.54, 1.807) is 12.1 Å². The molecule has 5 aromatic carbocycles. The van der Waals surface area contributed by atoms with Gasteiger partial charge in [0.15, 0.2) is 0 Å². The Hall–Kier alpha value is -4.63. The molecule has 0 heterocycles. The molecular formula is C34H27NO2. The zero-order chi connectivity index (χ0) is 25.6. The second kappa shape index (κ2) is 8.79. The number of hydrogen-bond acceptors (Lipinski definition) is 2. The van der Waals surface area contributed by atoms with Crippen LogP contribution in [0.25, 0.3) is 22.3 Å². The number of fused-ring (bicyclic) bond motifs is 3. The Kier molecular flexibility index (Phi) is 5.42. The van der Waals surface area contributed by atoms with E-state index in [4.69, 9.17) is 0 Å². The van der Waals surface area contributed by atoms with E-state index in [9.17, 15) is 9.90 Å². The van der Waals surface area contributed by atoms with E-state index >= 15 is 0 Å². The fourth-order valence-corrected chi connectivity index (χ4v) is 5.54. The van der Waals surface area contributed by atoms with Gasteiger partial charge in [-0.1, -0.05) is 98.8 Å². The molecular weight excluding hydrogens is 454 g/mol. The zero-order valence-corrected chi connectivity index (χ0v) is 20.8. The summed E-state index contributed by atoms with van der Waals surface area (Å²) in [6.45, 7) is 4.51. The van der Waals surface area contributed by atoms with Gasteiger partial charge in [0, 0.05) is 16.8 Å². The van der Waals surface area contributed by atoms with Gasteiger partial charge in [0.2, 0.25) is 0 Å². The molecule has 3 nitrogen and oxygen atoms in total. The molecule has 0 radical (unpaired) electrons. The lowest BCUT2D eigenvalue weighted by atomic mass is 9.82. The van der Waals surface area contributed by atoms with Crippen LogP contribution in [0.5, 0.6) is 0 Å². The van der Waals surface area contributed by atoms with Crippen LogP contribution in [0.2, 0.25) is 0 Å². The average molecular weight is 482 g/mol. The molecule has 0 fully saturated rings. The number of carboxylic acids is 1. The first-order valence-electron chi connectivity index (χ1n) is 12.5. The van der Waals surface area contributed by atoms with Crippen molar-refractivity contribution in [1.29, 1.82) is 0 Å². The molecule has 0 unspecified atom stereocenters. The molecule has 0 aliphatic heterocycles. The van der Waals surface area contributed by atoms with Crippen molar-refractivity contribution in [2.24, 2.45) is 0 Å². The van der Waals surface area contributed by atoms with Gasteiger partial charge in [0.25, 0.3) is 0 Å². The standard InChI is InChI=1S/C34H27NO2/c1-34(2)30-14-8-6-12-27(30)28-21-20-26(22-31(28)34)35(32-15-9-7-13-29(32)33(36)37)25-18-16-24(17-19-25)23-10-4-3-5-11-23/h3-22H,1-2H3,(H,36,37). The van der Waals surface area contributed by atoms with Crippen LogP contribution in [0.4, 0.5) is 17.1 Å². The summed E-state index contributed by atoms with van der Waals surface area (Å²) in [4.78, 5) is 14.3. The molecule has 3 heteroatoms. The van der Waals surface area contributed by atoms with Crippen LogP contribution in [-0.2, 0) is 5.41 Å². The van der Waals surface area contributed by atoms with Crippen LogP contribution in [0.15, 0.2) is 121 Å². The smallest absolute Gasteiger partial charge is 0.337 e. The normalized spacial score (nSPS) is 13.0. The summed E-state index contributed by atoms with van der Waals surface area (Å²) < 4.78 is 0. The molecule has 1 aliphatic rings. The van der Waals surface area contributed by atoms with Gasteiger partial charge in [-0.15, -0.1) is 0 Å². The van der Waals surface area contributed by atoms with Crippen molar-refractivity contribution in [3.8, 4) is 22.3 Å². The molecule has 0 amide bonds. The van der Waals surface area contributed by atoms with E-state index in [0.29, 0.717) is 5.69 Å². The van der Waals surface area contributed by atoms with Crippen LogP contribution < -0.4 is 4.90 Å². The molecule has 0 saturated carbocycles. The lowest BCUT2D eigenvalue weighted by molar-refractivity contribution is 0.0698. The lowest BCUT2D eigenvalue weighted by Gasteiger charge is -2.29. The number of para-hydroxylation sites is 1. The van der Waals surface area contributed by atoms with Gasteiger partial charge >= 0.3 is 5.97 Å². The third-order valence-corrected chi connectivity index (χ3v) is 7.43. The summed E-state index contributed by atoms with van der Waals surface area (Å²) in [6.07, 6.45) is 0. The summed E-state index contributed by atoms with van der Waals surface area (Å²) in [6, 6.07) is 40.8. The third-order valence-electron chi connectivity index (χ3n) is 7.43. The minimum atomic E-state index is -0.949. The Bertz CT molecular complexity index is 1620. The Morgan fingerprint density at radius 1 is 0.622 bits per heavy atom. The molecule has 0 saturated heterocycles. The first-order valence-corrected chi connectivity index (χ1v) is 12.5. The minimum Gasteiger partial charge on any atom is -0.478 e. The molecule has 0 spiro atoms.